The van der Waals surface area contributed by atoms with Crippen LogP contribution in [-0.4, -0.2) is 23.9 Å². The zero-order chi connectivity index (χ0) is 13.7. The van der Waals surface area contributed by atoms with Crippen LogP contribution in [0.4, 0.5) is 0 Å². The van der Waals surface area contributed by atoms with E-state index in [2.05, 4.69) is 6.92 Å². The van der Waals surface area contributed by atoms with Crippen LogP contribution >= 0.6 is 0 Å². The van der Waals surface area contributed by atoms with Gasteiger partial charge in [0.2, 0.25) is 5.91 Å². The molecule has 0 aromatic heterocycles. The molecule has 0 heterocycles. The molecule has 0 aliphatic heterocycles. The Morgan fingerprint density at radius 1 is 1.32 bits per heavy atom. The summed E-state index contributed by atoms with van der Waals surface area (Å²) in [6.07, 6.45) is 4.37. The highest BCUT2D eigenvalue weighted by Gasteiger charge is 2.22. The van der Waals surface area contributed by atoms with Crippen molar-refractivity contribution in [3.05, 3.63) is 35.4 Å². The molecule has 1 amide bonds. The van der Waals surface area contributed by atoms with Gasteiger partial charge in [0.05, 0.1) is 6.42 Å². The molecular formula is C16H24N2O. The number of nitrogens with two attached hydrogens (primary N) is 1. The molecule has 3 heteroatoms. The monoisotopic (exact) mass is 260 g/mol. The quantitative estimate of drug-likeness (QED) is 0.853. The molecule has 1 aliphatic rings. The van der Waals surface area contributed by atoms with Crippen LogP contribution in [0.15, 0.2) is 24.3 Å². The fraction of sp³-hybridized carbons (Fsp3) is 0.562. The normalized spacial score (nSPS) is 15.1. The topological polar surface area (TPSA) is 46.3 Å². The van der Waals surface area contributed by atoms with E-state index in [-0.39, 0.29) is 5.91 Å². The van der Waals surface area contributed by atoms with E-state index in [0.29, 0.717) is 13.0 Å². The number of amides is 1. The zero-order valence-electron chi connectivity index (χ0n) is 11.8. The number of hydrogen-bond donors (Lipinski definition) is 1. The first-order chi connectivity index (χ1) is 9.24. The van der Waals surface area contributed by atoms with Crippen molar-refractivity contribution in [1.29, 1.82) is 0 Å². The summed E-state index contributed by atoms with van der Waals surface area (Å²) in [7, 11) is 0. The van der Waals surface area contributed by atoms with E-state index in [4.69, 9.17) is 5.73 Å². The van der Waals surface area contributed by atoms with Crippen molar-refractivity contribution in [2.75, 3.05) is 13.1 Å². The van der Waals surface area contributed by atoms with Gasteiger partial charge in [0, 0.05) is 19.6 Å². The number of rotatable bonds is 6. The molecule has 1 saturated carbocycles. The third-order valence-corrected chi connectivity index (χ3v) is 4.12. The maximum absolute atomic E-state index is 12.4. The molecule has 1 fully saturated rings. The first kappa shape index (κ1) is 14.1. The molecule has 2 rings (SSSR count). The second kappa shape index (κ2) is 6.71. The summed E-state index contributed by atoms with van der Waals surface area (Å²) < 4.78 is 0. The lowest BCUT2D eigenvalue weighted by molar-refractivity contribution is -0.131. The number of hydrogen-bond acceptors (Lipinski definition) is 2. The first-order valence-electron chi connectivity index (χ1n) is 7.29. The molecule has 1 aliphatic carbocycles. The van der Waals surface area contributed by atoms with Gasteiger partial charge in [-0.1, -0.05) is 30.7 Å². The van der Waals surface area contributed by atoms with Crippen LogP contribution < -0.4 is 5.73 Å². The van der Waals surface area contributed by atoms with E-state index in [0.717, 1.165) is 30.1 Å². The Kier molecular flexibility index (Phi) is 4.97. The zero-order valence-corrected chi connectivity index (χ0v) is 11.8. The van der Waals surface area contributed by atoms with Crippen molar-refractivity contribution in [2.24, 2.45) is 11.7 Å². The molecule has 2 N–H and O–H groups in total. The van der Waals surface area contributed by atoms with Crippen LogP contribution in [0.25, 0.3) is 0 Å². The molecule has 0 unspecified atom stereocenters. The predicted octanol–water partition coefficient (Wildman–Crippen LogP) is 2.34. The highest BCUT2D eigenvalue weighted by atomic mass is 16.2. The Hall–Kier alpha value is -1.35. The maximum Gasteiger partial charge on any atom is 0.227 e. The molecular weight excluding hydrogens is 236 g/mol. The third-order valence-electron chi connectivity index (χ3n) is 4.12. The molecule has 0 radical (unpaired) electrons. The smallest absolute Gasteiger partial charge is 0.227 e. The summed E-state index contributed by atoms with van der Waals surface area (Å²) in [4.78, 5) is 14.4. The largest absolute Gasteiger partial charge is 0.342 e. The standard InChI is InChI=1S/C16H24N2O/c1-2-18(12-13-6-5-7-13)16(19)10-14-8-3-4-9-15(14)11-17/h3-4,8-9,13H,2,5-7,10-12,17H2,1H3. The van der Waals surface area contributed by atoms with Crippen molar-refractivity contribution in [3.8, 4) is 0 Å². The van der Waals surface area contributed by atoms with E-state index < -0.39 is 0 Å². The van der Waals surface area contributed by atoms with Crippen molar-refractivity contribution in [3.63, 3.8) is 0 Å². The van der Waals surface area contributed by atoms with Gasteiger partial charge in [-0.05, 0) is 36.8 Å². The Bertz CT molecular complexity index is 427. The minimum absolute atomic E-state index is 0.232. The average Bonchev–Trinajstić information content (AvgIpc) is 2.38. The summed E-state index contributed by atoms with van der Waals surface area (Å²) in [5.74, 6) is 0.962. The summed E-state index contributed by atoms with van der Waals surface area (Å²) in [5.41, 5.74) is 7.87. The minimum Gasteiger partial charge on any atom is -0.342 e. The van der Waals surface area contributed by atoms with Crippen LogP contribution in [0.1, 0.15) is 37.3 Å². The highest BCUT2D eigenvalue weighted by molar-refractivity contribution is 5.79. The lowest BCUT2D eigenvalue weighted by Gasteiger charge is -2.32. The number of carbonyl (C=O) groups is 1. The van der Waals surface area contributed by atoms with Crippen LogP contribution in [0.2, 0.25) is 0 Å². The summed E-state index contributed by atoms with van der Waals surface area (Å²) in [6.45, 7) is 4.30. The second-order valence-electron chi connectivity index (χ2n) is 5.38. The molecule has 19 heavy (non-hydrogen) atoms. The molecule has 0 atom stereocenters. The summed E-state index contributed by atoms with van der Waals surface area (Å²) >= 11 is 0. The molecule has 104 valence electrons. The van der Waals surface area contributed by atoms with E-state index >= 15 is 0 Å². The van der Waals surface area contributed by atoms with Gasteiger partial charge in [-0.2, -0.15) is 0 Å². The Morgan fingerprint density at radius 2 is 2.00 bits per heavy atom. The van der Waals surface area contributed by atoms with E-state index in [1.54, 1.807) is 0 Å². The van der Waals surface area contributed by atoms with Crippen molar-refractivity contribution in [1.82, 2.24) is 4.90 Å². The SMILES string of the molecule is CCN(CC1CCC1)C(=O)Cc1ccccc1CN. The van der Waals surface area contributed by atoms with Gasteiger partial charge in [-0.15, -0.1) is 0 Å². The van der Waals surface area contributed by atoms with Crippen molar-refractivity contribution in [2.45, 2.75) is 39.2 Å². The van der Waals surface area contributed by atoms with Gasteiger partial charge in [0.25, 0.3) is 0 Å². The van der Waals surface area contributed by atoms with Gasteiger partial charge in [-0.3, -0.25) is 4.79 Å². The van der Waals surface area contributed by atoms with E-state index in [1.807, 2.05) is 29.2 Å². The molecule has 0 saturated heterocycles. The van der Waals surface area contributed by atoms with Crippen LogP contribution in [0.3, 0.4) is 0 Å². The molecule has 3 nitrogen and oxygen atoms in total. The van der Waals surface area contributed by atoms with Crippen LogP contribution in [-0.2, 0) is 17.8 Å². The Labute approximate surface area is 115 Å². The second-order valence-corrected chi connectivity index (χ2v) is 5.38. The van der Waals surface area contributed by atoms with Gasteiger partial charge in [0.1, 0.15) is 0 Å². The lowest BCUT2D eigenvalue weighted by Crippen LogP contribution is -2.38. The molecule has 1 aromatic carbocycles. The fourth-order valence-corrected chi connectivity index (χ4v) is 2.60. The molecule has 1 aromatic rings. The molecule has 0 spiro atoms. The van der Waals surface area contributed by atoms with E-state index in [1.165, 1.54) is 19.3 Å². The summed E-state index contributed by atoms with van der Waals surface area (Å²) in [5, 5.41) is 0. The van der Waals surface area contributed by atoms with Crippen molar-refractivity contribution < 1.29 is 4.79 Å². The van der Waals surface area contributed by atoms with Gasteiger partial charge < -0.3 is 10.6 Å². The maximum atomic E-state index is 12.4. The van der Waals surface area contributed by atoms with Crippen LogP contribution in [0.5, 0.6) is 0 Å². The van der Waals surface area contributed by atoms with Gasteiger partial charge in [-0.25, -0.2) is 0 Å². The number of benzene rings is 1. The van der Waals surface area contributed by atoms with Gasteiger partial charge in [0.15, 0.2) is 0 Å². The number of likely N-dealkylation sites (N-methyl/N-ethyl adjacent to an activating group) is 1. The predicted molar refractivity (Wildman–Crippen MR) is 77.6 cm³/mol. The first-order valence-corrected chi connectivity index (χ1v) is 7.29. The van der Waals surface area contributed by atoms with Crippen LogP contribution in [0, 0.1) is 5.92 Å². The minimum atomic E-state index is 0.232. The lowest BCUT2D eigenvalue weighted by atomic mass is 9.85. The van der Waals surface area contributed by atoms with E-state index in [9.17, 15) is 4.79 Å². The number of nitrogens with zero attached hydrogens (tertiary/aromatic N) is 1. The third kappa shape index (κ3) is 3.57. The highest BCUT2D eigenvalue weighted by Crippen LogP contribution is 2.27. The summed E-state index contributed by atoms with van der Waals surface area (Å²) in [6, 6.07) is 7.97. The fourth-order valence-electron chi connectivity index (χ4n) is 2.60. The number of carbonyl (C=O) groups excluding carboxylic acids is 1. The van der Waals surface area contributed by atoms with Gasteiger partial charge >= 0.3 is 0 Å². The average molecular weight is 260 g/mol. The molecule has 0 bridgehead atoms. The Balaban J connectivity index is 1.97. The Morgan fingerprint density at radius 3 is 2.53 bits per heavy atom. The van der Waals surface area contributed by atoms with Crippen molar-refractivity contribution >= 4 is 5.91 Å².